The number of nitriles is 1. The summed E-state index contributed by atoms with van der Waals surface area (Å²) >= 11 is 0. The fraction of sp³-hybridized carbons (Fsp3) is 0.0256. The predicted molar refractivity (Wildman–Crippen MR) is 172 cm³/mol. The van der Waals surface area contributed by atoms with Gasteiger partial charge in [-0.1, -0.05) is 78.9 Å². The minimum Gasteiger partial charge on any atom is -0.507 e. The van der Waals surface area contributed by atoms with Gasteiger partial charge in [0.2, 0.25) is 0 Å². The molecule has 0 aliphatic heterocycles. The topological polar surface area (TPSA) is 82.7 Å². The zero-order valence-electron chi connectivity index (χ0n) is 23.5. The Morgan fingerprint density at radius 3 is 1.98 bits per heavy atom. The highest BCUT2D eigenvalue weighted by atomic mass is 16.3. The van der Waals surface area contributed by atoms with Gasteiger partial charge in [-0.25, -0.2) is 4.98 Å². The number of para-hydroxylation sites is 3. The van der Waals surface area contributed by atoms with E-state index in [1.807, 2.05) is 66.7 Å². The number of aromatic nitrogens is 3. The zero-order chi connectivity index (χ0) is 29.7. The third kappa shape index (κ3) is 3.82. The fourth-order valence-electron chi connectivity index (χ4n) is 6.61. The van der Waals surface area contributed by atoms with E-state index in [9.17, 15) is 10.4 Å². The van der Waals surface area contributed by atoms with Crippen LogP contribution >= 0.6 is 0 Å². The summed E-state index contributed by atoms with van der Waals surface area (Å²) in [7, 11) is 0. The molecule has 1 N–H and O–H groups in total. The summed E-state index contributed by atoms with van der Waals surface area (Å²) in [5.74, 6) is 0.169. The van der Waals surface area contributed by atoms with Crippen LogP contribution in [0.1, 0.15) is 27.9 Å². The second-order valence-corrected chi connectivity index (χ2v) is 10.9. The number of phenols is 1. The minimum absolute atomic E-state index is 0.169. The molecule has 2 heterocycles. The number of fused-ring (bicyclic) bond motifs is 4. The lowest BCUT2D eigenvalue weighted by atomic mass is 9.69. The number of hydrogen-bond acceptors (Lipinski definition) is 5. The Balaban J connectivity index is 1.46. The third-order valence-electron chi connectivity index (χ3n) is 8.51. The minimum atomic E-state index is -0.848. The zero-order valence-corrected chi connectivity index (χ0v) is 23.5. The van der Waals surface area contributed by atoms with Crippen LogP contribution in [0.5, 0.6) is 5.75 Å². The molecule has 7 aromatic rings. The van der Waals surface area contributed by atoms with Gasteiger partial charge < -0.3 is 5.11 Å². The molecule has 8 rings (SSSR count). The monoisotopic (exact) mass is 564 g/mol. The van der Waals surface area contributed by atoms with Crippen molar-refractivity contribution >= 4 is 11.0 Å². The van der Waals surface area contributed by atoms with Crippen LogP contribution in [0.15, 0.2) is 140 Å². The molecule has 0 unspecified atom stereocenters. The lowest BCUT2D eigenvalue weighted by Crippen LogP contribution is -2.30. The van der Waals surface area contributed by atoms with Crippen LogP contribution in [0.25, 0.3) is 44.7 Å². The van der Waals surface area contributed by atoms with Crippen molar-refractivity contribution < 1.29 is 5.11 Å². The van der Waals surface area contributed by atoms with Crippen LogP contribution in [0.2, 0.25) is 0 Å². The van der Waals surface area contributed by atoms with Gasteiger partial charge in [0.25, 0.3) is 0 Å². The average molecular weight is 565 g/mol. The lowest BCUT2D eigenvalue weighted by molar-refractivity contribution is 0.477. The molecule has 0 bridgehead atoms. The Kier molecular flexibility index (Phi) is 5.82. The van der Waals surface area contributed by atoms with E-state index in [4.69, 9.17) is 9.97 Å². The molecule has 0 saturated carbocycles. The SMILES string of the molecule is N#Cc1cc(-c2cnc3ccccc3n2)cc(C2(c3cccc(-c4ccccc4O)n3)c3ccccc3-c3ccccc32)c1. The number of benzene rings is 5. The van der Waals surface area contributed by atoms with Gasteiger partial charge in [0.1, 0.15) is 5.75 Å². The molecule has 2 aromatic heterocycles. The van der Waals surface area contributed by atoms with Crippen molar-refractivity contribution in [2.24, 2.45) is 0 Å². The number of hydrogen-bond donors (Lipinski definition) is 1. The summed E-state index contributed by atoms with van der Waals surface area (Å²) in [6, 6.07) is 46.1. The summed E-state index contributed by atoms with van der Waals surface area (Å²) in [5.41, 5.74) is 10.2. The smallest absolute Gasteiger partial charge is 0.124 e. The van der Waals surface area contributed by atoms with Crippen molar-refractivity contribution in [3.05, 3.63) is 168 Å². The first-order chi connectivity index (χ1) is 21.7. The molecule has 206 valence electrons. The molecule has 0 fully saturated rings. The Morgan fingerprint density at radius 1 is 0.591 bits per heavy atom. The highest BCUT2D eigenvalue weighted by molar-refractivity contribution is 5.87. The molecular weight excluding hydrogens is 540 g/mol. The number of aromatic hydroxyl groups is 1. The van der Waals surface area contributed by atoms with Crippen molar-refractivity contribution in [2.45, 2.75) is 5.41 Å². The number of nitrogens with zero attached hydrogens (tertiary/aromatic N) is 4. The summed E-state index contributed by atoms with van der Waals surface area (Å²) in [5, 5.41) is 21.0. The van der Waals surface area contributed by atoms with Crippen LogP contribution in [0.3, 0.4) is 0 Å². The van der Waals surface area contributed by atoms with Crippen molar-refractivity contribution in [3.63, 3.8) is 0 Å². The van der Waals surface area contributed by atoms with Gasteiger partial charge >= 0.3 is 0 Å². The first kappa shape index (κ1) is 25.6. The van der Waals surface area contributed by atoms with Gasteiger partial charge in [-0.15, -0.1) is 0 Å². The van der Waals surface area contributed by atoms with Crippen LogP contribution < -0.4 is 0 Å². The normalized spacial score (nSPS) is 12.8. The molecule has 0 amide bonds. The highest BCUT2D eigenvalue weighted by Gasteiger charge is 2.47. The number of phenolic OH excluding ortho intramolecular Hbond substituents is 1. The molecule has 5 heteroatoms. The Hall–Kier alpha value is -6.12. The molecule has 0 atom stereocenters. The standard InChI is InChI=1S/C39H24N4O/c40-23-25-20-26(36-24-41-34-15-6-7-16-35(34)42-36)22-27(21-25)39(31-13-4-1-10-28(31)29-11-2-5-14-32(29)39)38-19-9-17-33(43-38)30-12-3-8-18-37(30)44/h1-22,24,44H. The van der Waals surface area contributed by atoms with Gasteiger partial charge in [0.05, 0.1) is 51.4 Å². The summed E-state index contributed by atoms with van der Waals surface area (Å²) < 4.78 is 0. The van der Waals surface area contributed by atoms with E-state index in [2.05, 4.69) is 65.7 Å². The quantitative estimate of drug-likeness (QED) is 0.232. The number of rotatable bonds is 4. The molecule has 5 aromatic carbocycles. The molecule has 0 saturated heterocycles. The van der Waals surface area contributed by atoms with E-state index >= 15 is 0 Å². The van der Waals surface area contributed by atoms with Gasteiger partial charge in [0.15, 0.2) is 0 Å². The summed E-state index contributed by atoms with van der Waals surface area (Å²) in [6.45, 7) is 0. The van der Waals surface area contributed by atoms with Crippen LogP contribution in [0.4, 0.5) is 0 Å². The fourth-order valence-corrected chi connectivity index (χ4v) is 6.61. The Bertz CT molecular complexity index is 2240. The summed E-state index contributed by atoms with van der Waals surface area (Å²) in [4.78, 5) is 14.8. The predicted octanol–water partition coefficient (Wildman–Crippen LogP) is 8.30. The van der Waals surface area contributed by atoms with Gasteiger partial charge in [-0.05, 0) is 82.4 Å². The first-order valence-corrected chi connectivity index (χ1v) is 14.4. The van der Waals surface area contributed by atoms with Crippen molar-refractivity contribution in [2.75, 3.05) is 0 Å². The number of pyridine rings is 1. The van der Waals surface area contributed by atoms with E-state index in [0.29, 0.717) is 22.5 Å². The molecule has 0 spiro atoms. The highest BCUT2D eigenvalue weighted by Crippen LogP contribution is 2.56. The maximum atomic E-state index is 10.7. The average Bonchev–Trinajstić information content (AvgIpc) is 3.39. The van der Waals surface area contributed by atoms with Crippen molar-refractivity contribution in [1.29, 1.82) is 5.26 Å². The summed E-state index contributed by atoms with van der Waals surface area (Å²) in [6.07, 6.45) is 1.77. The van der Waals surface area contributed by atoms with Crippen molar-refractivity contribution in [3.8, 4) is 45.5 Å². The molecule has 44 heavy (non-hydrogen) atoms. The maximum Gasteiger partial charge on any atom is 0.124 e. The van der Waals surface area contributed by atoms with Crippen LogP contribution in [-0.4, -0.2) is 20.1 Å². The van der Waals surface area contributed by atoms with Crippen molar-refractivity contribution in [1.82, 2.24) is 15.0 Å². The molecule has 5 nitrogen and oxygen atoms in total. The van der Waals surface area contributed by atoms with E-state index in [0.717, 1.165) is 50.1 Å². The van der Waals surface area contributed by atoms with Gasteiger partial charge in [-0.2, -0.15) is 5.26 Å². The lowest BCUT2D eigenvalue weighted by Gasteiger charge is -2.33. The maximum absolute atomic E-state index is 10.7. The largest absolute Gasteiger partial charge is 0.507 e. The van der Waals surface area contributed by atoms with Gasteiger partial charge in [0, 0.05) is 11.1 Å². The Labute approximate surface area is 254 Å². The Morgan fingerprint density at radius 2 is 1.25 bits per heavy atom. The van der Waals surface area contributed by atoms with Gasteiger partial charge in [-0.3, -0.25) is 9.97 Å². The third-order valence-corrected chi connectivity index (χ3v) is 8.51. The van der Waals surface area contributed by atoms with Crippen LogP contribution in [-0.2, 0) is 5.41 Å². The molecule has 1 aliphatic rings. The molecular formula is C39H24N4O. The van der Waals surface area contributed by atoms with Crippen LogP contribution in [0, 0.1) is 11.3 Å². The van der Waals surface area contributed by atoms with E-state index in [1.54, 1.807) is 18.3 Å². The van der Waals surface area contributed by atoms with E-state index < -0.39 is 5.41 Å². The van der Waals surface area contributed by atoms with E-state index in [-0.39, 0.29) is 5.75 Å². The first-order valence-electron chi connectivity index (χ1n) is 14.4. The molecule has 0 radical (unpaired) electrons. The molecule has 1 aliphatic carbocycles. The second-order valence-electron chi connectivity index (χ2n) is 10.9. The second kappa shape index (κ2) is 10.0. The van der Waals surface area contributed by atoms with E-state index in [1.165, 1.54) is 0 Å².